The average molecular weight is 364 g/mol. The van der Waals surface area contributed by atoms with Crippen molar-refractivity contribution in [1.29, 1.82) is 0 Å². The van der Waals surface area contributed by atoms with E-state index < -0.39 is 0 Å². The maximum absolute atomic E-state index is 12.5. The van der Waals surface area contributed by atoms with Gasteiger partial charge in [0.25, 0.3) is 0 Å². The van der Waals surface area contributed by atoms with Gasteiger partial charge in [0, 0.05) is 55.3 Å². The topological polar surface area (TPSA) is 52.7 Å². The Morgan fingerprint density at radius 1 is 1.28 bits per heavy atom. The van der Waals surface area contributed by atoms with Gasteiger partial charge in [0.05, 0.1) is 0 Å². The van der Waals surface area contributed by atoms with Crippen LogP contribution in [-0.4, -0.2) is 48.4 Å². The molecule has 2 aliphatic rings. The molecule has 1 aromatic rings. The largest absolute Gasteiger partial charge is 0.368 e. The van der Waals surface area contributed by atoms with Gasteiger partial charge in [0.15, 0.2) is 0 Å². The molecule has 3 rings (SSSR count). The average Bonchev–Trinajstić information content (AvgIpc) is 2.94. The normalized spacial score (nSPS) is 23.7. The molecule has 1 N–H and O–H groups in total. The first-order chi connectivity index (χ1) is 11.9. The number of hydrogen-bond donors (Lipinski definition) is 1. The van der Waals surface area contributed by atoms with Gasteiger partial charge < -0.3 is 15.1 Å². The Balaban J connectivity index is 1.51. The number of piperazine rings is 1. The van der Waals surface area contributed by atoms with Gasteiger partial charge in [-0.25, -0.2) is 0 Å². The van der Waals surface area contributed by atoms with Gasteiger partial charge in [0.1, 0.15) is 0 Å². The van der Waals surface area contributed by atoms with E-state index in [0.717, 1.165) is 43.3 Å². The molecule has 1 aromatic carbocycles. The molecule has 2 aliphatic heterocycles. The molecule has 0 radical (unpaired) electrons. The monoisotopic (exact) mass is 363 g/mol. The maximum Gasteiger partial charge on any atom is 0.222 e. The fourth-order valence-corrected chi connectivity index (χ4v) is 3.87. The van der Waals surface area contributed by atoms with E-state index in [1.165, 1.54) is 5.56 Å². The van der Waals surface area contributed by atoms with Crippen LogP contribution in [0.5, 0.6) is 0 Å². The van der Waals surface area contributed by atoms with E-state index in [4.69, 9.17) is 11.6 Å². The SMILES string of the molecule is Cc1ccc(Cl)cc1N1CCN(C(=O)CCC2(C)CCC(=O)N2)CC1. The highest BCUT2D eigenvalue weighted by Crippen LogP contribution is 2.27. The summed E-state index contributed by atoms with van der Waals surface area (Å²) in [6.07, 6.45) is 2.60. The van der Waals surface area contributed by atoms with Crippen LogP contribution in [0.15, 0.2) is 18.2 Å². The number of nitrogens with one attached hydrogen (secondary N) is 1. The Morgan fingerprint density at radius 3 is 2.64 bits per heavy atom. The molecule has 2 amide bonds. The number of rotatable bonds is 4. The fraction of sp³-hybridized carbons (Fsp3) is 0.579. The Bertz CT molecular complexity index is 671. The number of benzene rings is 1. The minimum Gasteiger partial charge on any atom is -0.368 e. The predicted molar refractivity (Wildman–Crippen MR) is 100.0 cm³/mol. The van der Waals surface area contributed by atoms with Crippen LogP contribution in [0, 0.1) is 6.92 Å². The quantitative estimate of drug-likeness (QED) is 0.894. The first-order valence-corrected chi connectivity index (χ1v) is 9.34. The molecule has 2 heterocycles. The van der Waals surface area contributed by atoms with Gasteiger partial charge >= 0.3 is 0 Å². The van der Waals surface area contributed by atoms with Crippen LogP contribution < -0.4 is 10.2 Å². The molecule has 6 heteroatoms. The summed E-state index contributed by atoms with van der Waals surface area (Å²) in [6, 6.07) is 5.94. The van der Waals surface area contributed by atoms with Gasteiger partial charge in [0.2, 0.25) is 11.8 Å². The molecule has 0 saturated carbocycles. The molecular weight excluding hydrogens is 338 g/mol. The second kappa shape index (κ2) is 7.24. The van der Waals surface area contributed by atoms with Gasteiger partial charge in [-0.15, -0.1) is 0 Å². The Hall–Kier alpha value is -1.75. The van der Waals surface area contributed by atoms with Crippen molar-refractivity contribution < 1.29 is 9.59 Å². The number of aryl methyl sites for hydroxylation is 1. The first kappa shape index (κ1) is 18.1. The molecule has 1 unspecified atom stereocenters. The lowest BCUT2D eigenvalue weighted by Crippen LogP contribution is -2.49. The summed E-state index contributed by atoms with van der Waals surface area (Å²) in [6.45, 7) is 7.22. The summed E-state index contributed by atoms with van der Waals surface area (Å²) >= 11 is 6.12. The minimum atomic E-state index is -0.216. The second-order valence-corrected chi connectivity index (χ2v) is 7.84. The summed E-state index contributed by atoms with van der Waals surface area (Å²) in [4.78, 5) is 28.2. The fourth-order valence-electron chi connectivity index (χ4n) is 3.70. The number of anilines is 1. The van der Waals surface area contributed by atoms with Crippen molar-refractivity contribution in [1.82, 2.24) is 10.2 Å². The lowest BCUT2D eigenvalue weighted by molar-refractivity contribution is -0.132. The van der Waals surface area contributed by atoms with E-state index in [1.807, 2.05) is 30.0 Å². The summed E-state index contributed by atoms with van der Waals surface area (Å²) in [5.74, 6) is 0.283. The highest BCUT2D eigenvalue weighted by atomic mass is 35.5. The van der Waals surface area contributed by atoms with E-state index >= 15 is 0 Å². The van der Waals surface area contributed by atoms with Crippen LogP contribution in [-0.2, 0) is 9.59 Å². The highest BCUT2D eigenvalue weighted by molar-refractivity contribution is 6.30. The molecule has 25 heavy (non-hydrogen) atoms. The molecule has 0 aliphatic carbocycles. The highest BCUT2D eigenvalue weighted by Gasteiger charge is 2.33. The van der Waals surface area contributed by atoms with Crippen molar-refractivity contribution in [3.05, 3.63) is 28.8 Å². The molecule has 0 aromatic heterocycles. The third kappa shape index (κ3) is 4.27. The van der Waals surface area contributed by atoms with Crippen LogP contribution in [0.4, 0.5) is 5.69 Å². The predicted octanol–water partition coefficient (Wildman–Crippen LogP) is 2.75. The van der Waals surface area contributed by atoms with Crippen molar-refractivity contribution >= 4 is 29.1 Å². The molecule has 136 valence electrons. The molecule has 0 spiro atoms. The molecule has 2 saturated heterocycles. The Morgan fingerprint density at radius 2 is 2.00 bits per heavy atom. The number of nitrogens with zero attached hydrogens (tertiary/aromatic N) is 2. The number of carbonyl (C=O) groups excluding carboxylic acids is 2. The summed E-state index contributed by atoms with van der Waals surface area (Å²) in [5.41, 5.74) is 2.14. The molecule has 1 atom stereocenters. The zero-order chi connectivity index (χ0) is 18.0. The van der Waals surface area contributed by atoms with E-state index in [-0.39, 0.29) is 17.4 Å². The van der Waals surface area contributed by atoms with Crippen molar-refractivity contribution in [3.8, 4) is 0 Å². The summed E-state index contributed by atoms with van der Waals surface area (Å²) < 4.78 is 0. The van der Waals surface area contributed by atoms with Crippen LogP contribution >= 0.6 is 11.6 Å². The van der Waals surface area contributed by atoms with Crippen LogP contribution in [0.25, 0.3) is 0 Å². The van der Waals surface area contributed by atoms with Crippen LogP contribution in [0.3, 0.4) is 0 Å². The third-order valence-corrected chi connectivity index (χ3v) is 5.62. The number of carbonyl (C=O) groups is 2. The van der Waals surface area contributed by atoms with E-state index in [0.29, 0.717) is 19.3 Å². The van der Waals surface area contributed by atoms with Gasteiger partial charge in [-0.05, 0) is 44.4 Å². The molecule has 0 bridgehead atoms. The van der Waals surface area contributed by atoms with Crippen molar-refractivity contribution in [2.24, 2.45) is 0 Å². The Kier molecular flexibility index (Phi) is 5.23. The molecule has 5 nitrogen and oxygen atoms in total. The zero-order valence-electron chi connectivity index (χ0n) is 15.0. The summed E-state index contributed by atoms with van der Waals surface area (Å²) in [7, 11) is 0. The van der Waals surface area contributed by atoms with E-state index in [9.17, 15) is 9.59 Å². The Labute approximate surface area is 154 Å². The van der Waals surface area contributed by atoms with Crippen LogP contribution in [0.1, 0.15) is 38.2 Å². The van der Waals surface area contributed by atoms with E-state index in [2.05, 4.69) is 17.1 Å². The lowest BCUT2D eigenvalue weighted by atomic mass is 9.94. The molecule has 2 fully saturated rings. The van der Waals surface area contributed by atoms with Crippen molar-refractivity contribution in [3.63, 3.8) is 0 Å². The smallest absolute Gasteiger partial charge is 0.222 e. The zero-order valence-corrected chi connectivity index (χ0v) is 15.7. The number of amides is 2. The van der Waals surface area contributed by atoms with Gasteiger partial charge in [-0.1, -0.05) is 17.7 Å². The van der Waals surface area contributed by atoms with Gasteiger partial charge in [-0.3, -0.25) is 9.59 Å². The van der Waals surface area contributed by atoms with Gasteiger partial charge in [-0.2, -0.15) is 0 Å². The molecular formula is C19H26ClN3O2. The third-order valence-electron chi connectivity index (χ3n) is 5.38. The minimum absolute atomic E-state index is 0.0976. The maximum atomic E-state index is 12.5. The van der Waals surface area contributed by atoms with Crippen molar-refractivity contribution in [2.45, 2.75) is 45.1 Å². The van der Waals surface area contributed by atoms with E-state index in [1.54, 1.807) is 0 Å². The number of hydrogen-bond acceptors (Lipinski definition) is 3. The first-order valence-electron chi connectivity index (χ1n) is 8.96. The van der Waals surface area contributed by atoms with Crippen molar-refractivity contribution in [2.75, 3.05) is 31.1 Å². The summed E-state index contributed by atoms with van der Waals surface area (Å²) in [5, 5.41) is 3.74. The van der Waals surface area contributed by atoms with Crippen LogP contribution in [0.2, 0.25) is 5.02 Å². The number of halogens is 1. The lowest BCUT2D eigenvalue weighted by Gasteiger charge is -2.37. The standard InChI is InChI=1S/C19H26ClN3O2/c1-14-3-4-15(20)13-16(14)22-9-11-23(12-10-22)18(25)6-8-19(2)7-5-17(24)21-19/h3-4,13H,5-12H2,1-2H3,(H,21,24). The second-order valence-electron chi connectivity index (χ2n) is 7.41.